The summed E-state index contributed by atoms with van der Waals surface area (Å²) >= 11 is 6.45. The van der Waals surface area contributed by atoms with Crippen LogP contribution in [0.3, 0.4) is 0 Å². The Morgan fingerprint density at radius 2 is 1.79 bits per heavy atom. The fourth-order valence-corrected chi connectivity index (χ4v) is 3.45. The third-order valence-electron chi connectivity index (χ3n) is 4.98. The van der Waals surface area contributed by atoms with Gasteiger partial charge in [-0.1, -0.05) is 11.6 Å². The molecule has 0 saturated heterocycles. The van der Waals surface area contributed by atoms with Crippen LogP contribution in [0, 0.1) is 0 Å². The maximum atomic E-state index is 12.0. The highest BCUT2D eigenvalue weighted by Gasteiger charge is 2.14. The Bertz CT molecular complexity index is 1070. The largest absolute Gasteiger partial charge is 0.495 e. The summed E-state index contributed by atoms with van der Waals surface area (Å²) in [7, 11) is 3.12. The zero-order valence-corrected chi connectivity index (χ0v) is 19.7. The third kappa shape index (κ3) is 6.81. The minimum Gasteiger partial charge on any atom is -0.495 e. The molecule has 3 rings (SSSR count). The SMILES string of the molecule is CNC(=O)c1cc(CCc2cnc(Nc3ccc(NC[C@@H](C)N)cc3)nc2)c(Cl)c(OC)c1. The number of carbonyl (C=O) groups excluding carboxylic acids is 1. The summed E-state index contributed by atoms with van der Waals surface area (Å²) in [6, 6.07) is 11.4. The van der Waals surface area contributed by atoms with Crippen LogP contribution in [0.15, 0.2) is 48.8 Å². The van der Waals surface area contributed by atoms with Gasteiger partial charge in [0.05, 0.1) is 12.1 Å². The molecule has 3 aromatic rings. The average molecular weight is 469 g/mol. The molecule has 0 spiro atoms. The second kappa shape index (κ2) is 11.5. The molecular formula is C24H29ClN6O2. The molecule has 0 aliphatic rings. The quantitative estimate of drug-likeness (QED) is 0.358. The molecule has 8 nitrogen and oxygen atoms in total. The fraction of sp³-hybridized carbons (Fsp3) is 0.292. The van der Waals surface area contributed by atoms with Crippen LogP contribution in [0.25, 0.3) is 0 Å². The summed E-state index contributed by atoms with van der Waals surface area (Å²) in [6.45, 7) is 2.67. The smallest absolute Gasteiger partial charge is 0.251 e. The van der Waals surface area contributed by atoms with Crippen molar-refractivity contribution in [3.63, 3.8) is 0 Å². The summed E-state index contributed by atoms with van der Waals surface area (Å²) < 4.78 is 5.32. The second-order valence-corrected chi connectivity index (χ2v) is 8.08. The lowest BCUT2D eigenvalue weighted by molar-refractivity contribution is 0.0962. The summed E-state index contributed by atoms with van der Waals surface area (Å²) in [5.74, 6) is 0.793. The van der Waals surface area contributed by atoms with Crippen molar-refractivity contribution < 1.29 is 9.53 Å². The minimum atomic E-state index is -0.192. The van der Waals surface area contributed by atoms with Crippen LogP contribution in [0.4, 0.5) is 17.3 Å². The van der Waals surface area contributed by atoms with Crippen LogP contribution in [0.5, 0.6) is 5.75 Å². The Kier molecular flexibility index (Phi) is 8.46. The zero-order valence-electron chi connectivity index (χ0n) is 19.0. The number of amides is 1. The van der Waals surface area contributed by atoms with Gasteiger partial charge in [-0.05, 0) is 67.3 Å². The van der Waals surface area contributed by atoms with Crippen molar-refractivity contribution in [2.75, 3.05) is 31.3 Å². The van der Waals surface area contributed by atoms with Gasteiger partial charge in [-0.2, -0.15) is 0 Å². The van der Waals surface area contributed by atoms with Gasteiger partial charge in [-0.25, -0.2) is 9.97 Å². The lowest BCUT2D eigenvalue weighted by Gasteiger charge is -2.12. The lowest BCUT2D eigenvalue weighted by Crippen LogP contribution is -2.25. The van der Waals surface area contributed by atoms with Gasteiger partial charge in [0.2, 0.25) is 5.95 Å². The van der Waals surface area contributed by atoms with Crippen LogP contribution >= 0.6 is 11.6 Å². The number of hydrogen-bond acceptors (Lipinski definition) is 7. The van der Waals surface area contributed by atoms with E-state index in [4.69, 9.17) is 22.1 Å². The third-order valence-corrected chi connectivity index (χ3v) is 5.41. The second-order valence-electron chi connectivity index (χ2n) is 7.71. The molecule has 0 radical (unpaired) electrons. The zero-order chi connectivity index (χ0) is 23.8. The highest BCUT2D eigenvalue weighted by molar-refractivity contribution is 6.33. The van der Waals surface area contributed by atoms with Crippen molar-refractivity contribution in [3.05, 3.63) is 70.5 Å². The number of hydrogen-bond donors (Lipinski definition) is 4. The van der Waals surface area contributed by atoms with Gasteiger partial charge in [0.25, 0.3) is 5.91 Å². The number of halogens is 1. The van der Waals surface area contributed by atoms with Crippen LogP contribution in [0.2, 0.25) is 5.02 Å². The number of aryl methyl sites for hydroxylation is 2. The van der Waals surface area contributed by atoms with Crippen LogP contribution in [-0.4, -0.2) is 42.6 Å². The monoisotopic (exact) mass is 468 g/mol. The lowest BCUT2D eigenvalue weighted by atomic mass is 10.0. The van der Waals surface area contributed by atoms with E-state index in [9.17, 15) is 4.79 Å². The van der Waals surface area contributed by atoms with E-state index in [0.29, 0.717) is 41.7 Å². The maximum absolute atomic E-state index is 12.0. The van der Waals surface area contributed by atoms with Crippen LogP contribution in [0.1, 0.15) is 28.4 Å². The topological polar surface area (TPSA) is 114 Å². The van der Waals surface area contributed by atoms with Gasteiger partial charge in [-0.15, -0.1) is 0 Å². The Balaban J connectivity index is 1.61. The molecule has 2 aromatic carbocycles. The minimum absolute atomic E-state index is 0.0903. The van der Waals surface area contributed by atoms with E-state index in [1.54, 1.807) is 31.6 Å². The molecule has 0 aliphatic heterocycles. The average Bonchev–Trinajstić information content (AvgIpc) is 2.83. The number of nitrogens with one attached hydrogen (secondary N) is 3. The van der Waals surface area contributed by atoms with Crippen molar-refractivity contribution in [1.29, 1.82) is 0 Å². The highest BCUT2D eigenvalue weighted by atomic mass is 35.5. The summed E-state index contributed by atoms with van der Waals surface area (Å²) in [6.07, 6.45) is 4.84. The molecule has 9 heteroatoms. The van der Waals surface area contributed by atoms with Gasteiger partial charge >= 0.3 is 0 Å². The maximum Gasteiger partial charge on any atom is 0.251 e. The van der Waals surface area contributed by atoms with Crippen LogP contribution < -0.4 is 26.4 Å². The Hall–Kier alpha value is -3.36. The molecule has 1 aromatic heterocycles. The number of methoxy groups -OCH3 is 1. The van der Waals surface area contributed by atoms with Gasteiger partial charge in [0, 0.05) is 49.0 Å². The first kappa shape index (κ1) is 24.3. The number of anilines is 3. The first-order valence-corrected chi connectivity index (χ1v) is 11.0. The van der Waals surface area contributed by atoms with Crippen molar-refractivity contribution >= 4 is 34.8 Å². The Morgan fingerprint density at radius 3 is 2.39 bits per heavy atom. The molecule has 174 valence electrons. The normalized spacial score (nSPS) is 11.5. The van der Waals surface area contributed by atoms with E-state index >= 15 is 0 Å². The number of nitrogens with two attached hydrogens (primary N) is 1. The van der Waals surface area contributed by atoms with E-state index in [0.717, 1.165) is 22.5 Å². The summed E-state index contributed by atoms with van der Waals surface area (Å²) in [5.41, 5.74) is 9.94. The number of aromatic nitrogens is 2. The van der Waals surface area contributed by atoms with E-state index in [1.165, 1.54) is 7.11 Å². The van der Waals surface area contributed by atoms with E-state index in [2.05, 4.69) is 25.9 Å². The first-order chi connectivity index (χ1) is 15.9. The number of benzene rings is 2. The molecule has 1 atom stereocenters. The molecular weight excluding hydrogens is 440 g/mol. The molecule has 5 N–H and O–H groups in total. The molecule has 0 fully saturated rings. The van der Waals surface area contributed by atoms with Crippen LogP contribution in [-0.2, 0) is 12.8 Å². The molecule has 33 heavy (non-hydrogen) atoms. The number of rotatable bonds is 10. The predicted octanol–water partition coefficient (Wildman–Crippen LogP) is 3.79. The Labute approximate surface area is 198 Å². The summed E-state index contributed by atoms with van der Waals surface area (Å²) in [4.78, 5) is 20.9. The van der Waals surface area contributed by atoms with Crippen molar-refractivity contribution in [2.24, 2.45) is 5.73 Å². The molecule has 1 amide bonds. The van der Waals surface area contributed by atoms with Gasteiger partial charge < -0.3 is 26.4 Å². The van der Waals surface area contributed by atoms with Crippen molar-refractivity contribution in [2.45, 2.75) is 25.8 Å². The molecule has 0 saturated carbocycles. The molecule has 0 unspecified atom stereocenters. The van der Waals surface area contributed by atoms with Gasteiger partial charge in [0.1, 0.15) is 5.75 Å². The predicted molar refractivity (Wildman–Crippen MR) is 133 cm³/mol. The fourth-order valence-electron chi connectivity index (χ4n) is 3.17. The van der Waals surface area contributed by atoms with Gasteiger partial charge in [0.15, 0.2) is 0 Å². The molecule has 0 bridgehead atoms. The molecule has 0 aliphatic carbocycles. The van der Waals surface area contributed by atoms with E-state index in [-0.39, 0.29) is 11.9 Å². The molecule has 1 heterocycles. The number of nitrogens with zero attached hydrogens (tertiary/aromatic N) is 2. The highest BCUT2D eigenvalue weighted by Crippen LogP contribution is 2.31. The van der Waals surface area contributed by atoms with E-state index in [1.807, 2.05) is 31.2 Å². The Morgan fingerprint density at radius 1 is 1.12 bits per heavy atom. The van der Waals surface area contributed by atoms with Gasteiger partial charge in [-0.3, -0.25) is 4.79 Å². The number of ether oxygens (including phenoxy) is 1. The van der Waals surface area contributed by atoms with Crippen molar-refractivity contribution in [3.8, 4) is 5.75 Å². The standard InChI is InChI=1S/C24H29ClN6O2/c1-15(26)12-28-19-6-8-20(9-7-19)31-24-29-13-16(14-30-24)4-5-17-10-18(23(32)27-2)11-21(33-3)22(17)25/h6-11,13-15,28H,4-5,12,26H2,1-3H3,(H,27,32)(H,29,30,31)/t15-/m1/s1. The van der Waals surface area contributed by atoms with E-state index < -0.39 is 0 Å². The summed E-state index contributed by atoms with van der Waals surface area (Å²) in [5, 5.41) is 9.58. The van der Waals surface area contributed by atoms with Crippen molar-refractivity contribution in [1.82, 2.24) is 15.3 Å². The first-order valence-electron chi connectivity index (χ1n) is 10.7. The number of carbonyl (C=O) groups is 1.